The van der Waals surface area contributed by atoms with Crippen LogP contribution in [0, 0.1) is 5.92 Å². The second kappa shape index (κ2) is 10.4. The predicted molar refractivity (Wildman–Crippen MR) is 128 cm³/mol. The molecule has 0 bridgehead atoms. The van der Waals surface area contributed by atoms with Gasteiger partial charge in [-0.1, -0.05) is 48.9 Å². The van der Waals surface area contributed by atoms with Crippen molar-refractivity contribution in [1.29, 1.82) is 0 Å². The number of nitrogens with zero attached hydrogens (tertiary/aromatic N) is 1. The third-order valence-corrected chi connectivity index (χ3v) is 6.37. The Hall–Kier alpha value is -3.27. The van der Waals surface area contributed by atoms with E-state index in [-0.39, 0.29) is 17.9 Å². The van der Waals surface area contributed by atoms with Crippen LogP contribution in [-0.2, 0) is 11.2 Å². The molecule has 4 heteroatoms. The summed E-state index contributed by atoms with van der Waals surface area (Å²) in [5, 5.41) is 0. The summed E-state index contributed by atoms with van der Waals surface area (Å²) in [5.41, 5.74) is 3.45. The van der Waals surface area contributed by atoms with E-state index in [2.05, 4.69) is 42.5 Å². The van der Waals surface area contributed by atoms with E-state index in [1.165, 1.54) is 5.56 Å². The molecule has 4 nitrogen and oxygen atoms in total. The third kappa shape index (κ3) is 4.96. The van der Waals surface area contributed by atoms with Gasteiger partial charge in [0.25, 0.3) is 0 Å². The van der Waals surface area contributed by atoms with Gasteiger partial charge >= 0.3 is 0 Å². The maximum absolute atomic E-state index is 13.2. The molecule has 4 rings (SSSR count). The van der Waals surface area contributed by atoms with Gasteiger partial charge < -0.3 is 14.4 Å². The summed E-state index contributed by atoms with van der Waals surface area (Å²) in [7, 11) is 3.33. The molecule has 1 fully saturated rings. The number of benzene rings is 3. The first kappa shape index (κ1) is 21.9. The molecule has 1 heterocycles. The summed E-state index contributed by atoms with van der Waals surface area (Å²) in [6, 6.07) is 26.6. The molecule has 2 atom stereocenters. The number of unbranched alkanes of at least 4 members (excludes halogenated alkanes) is 1. The van der Waals surface area contributed by atoms with Gasteiger partial charge in [-0.25, -0.2) is 0 Å². The van der Waals surface area contributed by atoms with Crippen molar-refractivity contribution in [2.75, 3.05) is 19.1 Å². The Morgan fingerprint density at radius 3 is 2.06 bits per heavy atom. The predicted octanol–water partition coefficient (Wildman–Crippen LogP) is 6.21. The molecular weight excluding hydrogens is 398 g/mol. The molecule has 3 aromatic rings. The summed E-state index contributed by atoms with van der Waals surface area (Å²) in [6.45, 7) is 0. The highest BCUT2D eigenvalue weighted by molar-refractivity contribution is 5.97. The number of carbonyl (C=O) groups is 1. The van der Waals surface area contributed by atoms with Crippen molar-refractivity contribution in [3.63, 3.8) is 0 Å². The van der Waals surface area contributed by atoms with E-state index in [1.807, 2.05) is 41.3 Å². The molecule has 0 aromatic heterocycles. The van der Waals surface area contributed by atoms with E-state index in [9.17, 15) is 4.79 Å². The van der Waals surface area contributed by atoms with E-state index in [4.69, 9.17) is 9.47 Å². The van der Waals surface area contributed by atoms with Crippen LogP contribution >= 0.6 is 0 Å². The largest absolute Gasteiger partial charge is 0.497 e. The van der Waals surface area contributed by atoms with Crippen molar-refractivity contribution in [2.24, 2.45) is 5.92 Å². The first-order valence-electron chi connectivity index (χ1n) is 11.3. The number of hydrogen-bond donors (Lipinski definition) is 0. The third-order valence-electron chi connectivity index (χ3n) is 6.37. The van der Waals surface area contributed by atoms with Gasteiger partial charge in [0, 0.05) is 12.1 Å². The molecule has 0 radical (unpaired) electrons. The lowest BCUT2D eigenvalue weighted by atomic mass is 9.88. The van der Waals surface area contributed by atoms with Gasteiger partial charge in [-0.2, -0.15) is 0 Å². The number of ether oxygens (including phenoxy) is 2. The zero-order valence-corrected chi connectivity index (χ0v) is 18.9. The van der Waals surface area contributed by atoms with Crippen LogP contribution in [0.3, 0.4) is 0 Å². The molecule has 0 unspecified atom stereocenters. The van der Waals surface area contributed by atoms with Crippen molar-refractivity contribution in [3.05, 3.63) is 90.0 Å². The summed E-state index contributed by atoms with van der Waals surface area (Å²) in [5.74, 6) is 2.09. The van der Waals surface area contributed by atoms with E-state index in [0.29, 0.717) is 6.42 Å². The van der Waals surface area contributed by atoms with Crippen LogP contribution in [0.4, 0.5) is 5.69 Å². The molecular formula is C28H31NO3. The Kier molecular flexibility index (Phi) is 7.10. The second-order valence-corrected chi connectivity index (χ2v) is 8.38. The average molecular weight is 430 g/mol. The maximum Gasteiger partial charge on any atom is 0.227 e. The molecule has 0 saturated carbocycles. The fourth-order valence-corrected chi connectivity index (χ4v) is 4.71. The van der Waals surface area contributed by atoms with Gasteiger partial charge in [-0.05, 0) is 72.7 Å². The number of hydrogen-bond acceptors (Lipinski definition) is 3. The highest BCUT2D eigenvalue weighted by atomic mass is 16.5. The number of amides is 1. The number of anilines is 1. The van der Waals surface area contributed by atoms with Crippen LogP contribution in [-0.4, -0.2) is 20.1 Å². The zero-order valence-electron chi connectivity index (χ0n) is 18.9. The number of carbonyl (C=O) groups excluding carboxylic acids is 1. The minimum Gasteiger partial charge on any atom is -0.497 e. The Bertz CT molecular complexity index is 999. The maximum atomic E-state index is 13.2. The lowest BCUT2D eigenvalue weighted by Gasteiger charge is -2.29. The smallest absolute Gasteiger partial charge is 0.227 e. The molecule has 1 aliphatic rings. The van der Waals surface area contributed by atoms with Crippen molar-refractivity contribution < 1.29 is 14.3 Å². The van der Waals surface area contributed by atoms with Crippen LogP contribution < -0.4 is 14.4 Å². The Morgan fingerprint density at radius 2 is 1.44 bits per heavy atom. The molecule has 32 heavy (non-hydrogen) atoms. The number of aryl methyl sites for hydroxylation is 1. The van der Waals surface area contributed by atoms with E-state index in [0.717, 1.165) is 48.4 Å². The first-order chi connectivity index (χ1) is 15.7. The van der Waals surface area contributed by atoms with Gasteiger partial charge in [0.15, 0.2) is 0 Å². The fourth-order valence-electron chi connectivity index (χ4n) is 4.71. The zero-order chi connectivity index (χ0) is 22.3. The van der Waals surface area contributed by atoms with Gasteiger partial charge in [0.1, 0.15) is 11.5 Å². The lowest BCUT2D eigenvalue weighted by Crippen LogP contribution is -2.28. The first-order valence-corrected chi connectivity index (χ1v) is 11.3. The highest BCUT2D eigenvalue weighted by Gasteiger charge is 2.41. The molecule has 0 N–H and O–H groups in total. The second-order valence-electron chi connectivity index (χ2n) is 8.38. The van der Waals surface area contributed by atoms with Gasteiger partial charge in [0.2, 0.25) is 5.91 Å². The topological polar surface area (TPSA) is 38.8 Å². The lowest BCUT2D eigenvalue weighted by molar-refractivity contribution is -0.117. The van der Waals surface area contributed by atoms with E-state index >= 15 is 0 Å². The minimum absolute atomic E-state index is 0.0264. The Balaban J connectivity index is 1.53. The molecule has 1 saturated heterocycles. The molecule has 0 spiro atoms. The minimum atomic E-state index is 0.0264. The van der Waals surface area contributed by atoms with Crippen molar-refractivity contribution in [3.8, 4) is 11.5 Å². The van der Waals surface area contributed by atoms with Crippen LogP contribution in [0.2, 0.25) is 0 Å². The van der Waals surface area contributed by atoms with Gasteiger partial charge in [0.05, 0.1) is 20.3 Å². The molecule has 0 aliphatic carbocycles. The SMILES string of the molecule is COc1ccc([C@@H]2[C@@H](CCCCc3ccccc3)CC(=O)N2c2ccc(OC)cc2)cc1. The Morgan fingerprint density at radius 1 is 0.812 bits per heavy atom. The van der Waals surface area contributed by atoms with E-state index in [1.54, 1.807) is 14.2 Å². The van der Waals surface area contributed by atoms with Crippen LogP contribution in [0.5, 0.6) is 11.5 Å². The van der Waals surface area contributed by atoms with Crippen LogP contribution in [0.1, 0.15) is 42.9 Å². The molecule has 166 valence electrons. The summed E-state index contributed by atoms with van der Waals surface area (Å²) < 4.78 is 10.6. The van der Waals surface area contributed by atoms with Crippen molar-refractivity contribution in [1.82, 2.24) is 0 Å². The van der Waals surface area contributed by atoms with Crippen molar-refractivity contribution in [2.45, 2.75) is 38.1 Å². The monoisotopic (exact) mass is 429 g/mol. The molecule has 1 aliphatic heterocycles. The van der Waals surface area contributed by atoms with Crippen LogP contribution in [0.15, 0.2) is 78.9 Å². The normalized spacial score (nSPS) is 18.1. The van der Waals surface area contributed by atoms with Crippen LogP contribution in [0.25, 0.3) is 0 Å². The quantitative estimate of drug-likeness (QED) is 0.380. The van der Waals surface area contributed by atoms with Gasteiger partial charge in [-0.3, -0.25) is 4.79 Å². The number of methoxy groups -OCH3 is 2. The summed E-state index contributed by atoms with van der Waals surface area (Å²) >= 11 is 0. The summed E-state index contributed by atoms with van der Waals surface area (Å²) in [4.78, 5) is 15.1. The van der Waals surface area contributed by atoms with Crippen molar-refractivity contribution >= 4 is 11.6 Å². The molecule has 3 aromatic carbocycles. The Labute approximate surface area is 190 Å². The fraction of sp³-hybridized carbons (Fsp3) is 0.321. The molecule has 1 amide bonds. The van der Waals surface area contributed by atoms with E-state index < -0.39 is 0 Å². The highest BCUT2D eigenvalue weighted by Crippen LogP contribution is 2.44. The summed E-state index contributed by atoms with van der Waals surface area (Å²) in [6.07, 6.45) is 4.93. The average Bonchev–Trinajstić information content (AvgIpc) is 3.18. The number of rotatable bonds is 9. The van der Waals surface area contributed by atoms with Gasteiger partial charge in [-0.15, -0.1) is 0 Å². The standard InChI is InChI=1S/C28H31NO3/c1-31-25-16-12-22(13-17-25)28-23(11-7-6-10-21-8-4-3-5-9-21)20-27(30)29(28)24-14-18-26(32-2)19-15-24/h3-5,8-9,12-19,23,28H,6-7,10-11,20H2,1-2H3/t23-,28+/m0/s1.